The second-order valence-corrected chi connectivity index (χ2v) is 6.46. The third-order valence-corrected chi connectivity index (χ3v) is 3.36. The summed E-state index contributed by atoms with van der Waals surface area (Å²) in [7, 11) is 1.10. The molecule has 1 saturated heterocycles. The van der Waals surface area contributed by atoms with Crippen molar-refractivity contribution in [3.8, 4) is 0 Å². The summed E-state index contributed by atoms with van der Waals surface area (Å²) >= 11 is 0. The molecule has 0 N–H and O–H groups in total. The molecule has 1 unspecified atom stereocenters. The van der Waals surface area contributed by atoms with E-state index in [0.29, 0.717) is 0 Å². The predicted molar refractivity (Wildman–Crippen MR) is 67.5 cm³/mol. The molecule has 1 amide bonds. The van der Waals surface area contributed by atoms with Gasteiger partial charge in [-0.1, -0.05) is 13.8 Å². The van der Waals surface area contributed by atoms with Crippen LogP contribution in [0, 0.1) is 5.41 Å². The van der Waals surface area contributed by atoms with Crippen molar-refractivity contribution in [3.05, 3.63) is 0 Å². The lowest BCUT2D eigenvalue weighted by Crippen LogP contribution is -2.49. The first-order chi connectivity index (χ1) is 8.83. The smallest absolute Gasteiger partial charge is 0.411 e. The van der Waals surface area contributed by atoms with Crippen LogP contribution in [0.15, 0.2) is 0 Å². The lowest BCUT2D eigenvalue weighted by molar-refractivity contribution is -0.152. The molecule has 0 spiro atoms. The number of nitrogens with zero attached hydrogens (tertiary/aromatic N) is 1. The summed E-state index contributed by atoms with van der Waals surface area (Å²) in [5.74, 6) is -4.08. The number of esters is 1. The lowest BCUT2D eigenvalue weighted by atomic mass is 9.82. The van der Waals surface area contributed by atoms with Gasteiger partial charge in [0.15, 0.2) is 0 Å². The third-order valence-electron chi connectivity index (χ3n) is 3.36. The van der Waals surface area contributed by atoms with E-state index in [1.165, 1.54) is 13.8 Å². The summed E-state index contributed by atoms with van der Waals surface area (Å²) in [6.07, 6.45) is -0.946. The molecule has 20 heavy (non-hydrogen) atoms. The molecule has 0 aromatic carbocycles. The minimum Gasteiger partial charge on any atom is -0.467 e. The molecule has 0 aromatic heterocycles. The van der Waals surface area contributed by atoms with E-state index in [1.807, 2.05) is 0 Å². The number of carbonyl (C=O) groups excluding carboxylic acids is 2. The highest BCUT2D eigenvalue weighted by molar-refractivity contribution is 5.83. The zero-order chi connectivity index (χ0) is 15.9. The summed E-state index contributed by atoms with van der Waals surface area (Å²) in [6.45, 7) is 6.47. The highest BCUT2D eigenvalue weighted by atomic mass is 19.3. The molecule has 0 aromatic rings. The molecule has 1 aliphatic rings. The van der Waals surface area contributed by atoms with Crippen LogP contribution in [-0.2, 0) is 14.3 Å². The molecule has 7 heteroatoms. The number of hydrogen-bond acceptors (Lipinski definition) is 4. The van der Waals surface area contributed by atoms with E-state index in [0.717, 1.165) is 12.0 Å². The number of likely N-dealkylation sites (tertiary alicyclic amines) is 1. The van der Waals surface area contributed by atoms with Gasteiger partial charge < -0.3 is 9.47 Å². The molecule has 0 bridgehead atoms. The summed E-state index contributed by atoms with van der Waals surface area (Å²) in [5.41, 5.74) is -2.56. The molecular formula is C13H21F2NO4. The number of hydrogen-bond donors (Lipinski definition) is 0. The van der Waals surface area contributed by atoms with Gasteiger partial charge in [-0.05, 0) is 20.8 Å². The van der Waals surface area contributed by atoms with E-state index in [2.05, 4.69) is 4.74 Å². The molecule has 1 aliphatic heterocycles. The summed E-state index contributed by atoms with van der Waals surface area (Å²) < 4.78 is 37.7. The van der Waals surface area contributed by atoms with Gasteiger partial charge in [0, 0.05) is 0 Å². The molecule has 1 heterocycles. The average Bonchev–Trinajstić information content (AvgIpc) is 2.42. The molecule has 0 saturated carbocycles. The highest BCUT2D eigenvalue weighted by Crippen LogP contribution is 2.48. The molecule has 1 fully saturated rings. The Balaban J connectivity index is 3.12. The zero-order valence-electron chi connectivity index (χ0n) is 12.6. The van der Waals surface area contributed by atoms with Crippen molar-refractivity contribution in [2.24, 2.45) is 5.41 Å². The molecule has 0 aliphatic carbocycles. The van der Waals surface area contributed by atoms with Crippen LogP contribution in [0.5, 0.6) is 0 Å². The largest absolute Gasteiger partial charge is 0.467 e. The molecule has 0 radical (unpaired) electrons. The summed E-state index contributed by atoms with van der Waals surface area (Å²) in [4.78, 5) is 24.6. The van der Waals surface area contributed by atoms with Crippen molar-refractivity contribution in [1.29, 1.82) is 0 Å². The van der Waals surface area contributed by atoms with Crippen molar-refractivity contribution >= 4 is 12.1 Å². The van der Waals surface area contributed by atoms with Crippen LogP contribution in [0.4, 0.5) is 13.6 Å². The van der Waals surface area contributed by atoms with Gasteiger partial charge in [-0.3, -0.25) is 4.90 Å². The fraction of sp³-hybridized carbons (Fsp3) is 0.846. The van der Waals surface area contributed by atoms with Gasteiger partial charge in [-0.25, -0.2) is 18.4 Å². The number of alkyl halides is 2. The number of rotatable bonds is 1. The second-order valence-electron chi connectivity index (χ2n) is 6.46. The lowest BCUT2D eigenvalue weighted by Gasteiger charge is -2.32. The van der Waals surface area contributed by atoms with E-state index < -0.39 is 41.6 Å². The third kappa shape index (κ3) is 2.86. The molecule has 116 valence electrons. The fourth-order valence-corrected chi connectivity index (χ4v) is 2.12. The highest BCUT2D eigenvalue weighted by Gasteiger charge is 2.65. The van der Waals surface area contributed by atoms with Gasteiger partial charge >= 0.3 is 12.1 Å². The van der Waals surface area contributed by atoms with Crippen LogP contribution >= 0.6 is 0 Å². The Morgan fingerprint density at radius 3 is 2.15 bits per heavy atom. The SMILES string of the molecule is COC(=O)C1N(C(=O)OC(C)(C)C)CC(F)(F)C1(C)C. The maximum Gasteiger partial charge on any atom is 0.411 e. The first-order valence-corrected chi connectivity index (χ1v) is 6.29. The van der Waals surface area contributed by atoms with Gasteiger partial charge in [-0.15, -0.1) is 0 Å². The molecule has 1 atom stereocenters. The standard InChI is InChI=1S/C13H21F2NO4/c1-11(2,3)20-10(18)16-7-13(14,15)12(4,5)8(16)9(17)19-6/h8H,7H2,1-6H3. The van der Waals surface area contributed by atoms with Gasteiger partial charge in [-0.2, -0.15) is 0 Å². The van der Waals surface area contributed by atoms with Crippen molar-refractivity contribution < 1.29 is 27.8 Å². The van der Waals surface area contributed by atoms with Crippen LogP contribution in [-0.4, -0.2) is 48.2 Å². The van der Waals surface area contributed by atoms with Crippen molar-refractivity contribution in [1.82, 2.24) is 4.90 Å². The van der Waals surface area contributed by atoms with Gasteiger partial charge in [0.1, 0.15) is 11.6 Å². The number of methoxy groups -OCH3 is 1. The van der Waals surface area contributed by atoms with Crippen LogP contribution in [0.3, 0.4) is 0 Å². The monoisotopic (exact) mass is 293 g/mol. The predicted octanol–water partition coefficient (Wildman–Crippen LogP) is 2.44. The van der Waals surface area contributed by atoms with Gasteiger partial charge in [0.2, 0.25) is 0 Å². The minimum atomic E-state index is -3.21. The number of halogens is 2. The Labute approximate surface area is 117 Å². The number of carbonyl (C=O) groups is 2. The van der Waals surface area contributed by atoms with Crippen molar-refractivity contribution in [3.63, 3.8) is 0 Å². The van der Waals surface area contributed by atoms with E-state index in [-0.39, 0.29) is 0 Å². The Kier molecular flexibility index (Phi) is 4.04. The second kappa shape index (κ2) is 4.86. The van der Waals surface area contributed by atoms with Crippen LogP contribution in [0.1, 0.15) is 34.6 Å². The fourth-order valence-electron chi connectivity index (χ4n) is 2.12. The van der Waals surface area contributed by atoms with Crippen LogP contribution in [0.2, 0.25) is 0 Å². The zero-order valence-corrected chi connectivity index (χ0v) is 12.6. The van der Waals surface area contributed by atoms with Crippen LogP contribution < -0.4 is 0 Å². The van der Waals surface area contributed by atoms with E-state index in [1.54, 1.807) is 20.8 Å². The Morgan fingerprint density at radius 1 is 1.25 bits per heavy atom. The first kappa shape index (κ1) is 16.7. The Morgan fingerprint density at radius 2 is 1.75 bits per heavy atom. The van der Waals surface area contributed by atoms with E-state index in [9.17, 15) is 18.4 Å². The maximum atomic E-state index is 14.1. The number of amides is 1. The van der Waals surface area contributed by atoms with Crippen LogP contribution in [0.25, 0.3) is 0 Å². The van der Waals surface area contributed by atoms with Crippen molar-refractivity contribution in [2.45, 2.75) is 52.2 Å². The van der Waals surface area contributed by atoms with E-state index in [4.69, 9.17) is 4.74 Å². The quantitative estimate of drug-likeness (QED) is 0.697. The minimum absolute atomic E-state index is 0.747. The Hall–Kier alpha value is -1.40. The average molecular weight is 293 g/mol. The van der Waals surface area contributed by atoms with Gasteiger partial charge in [0.25, 0.3) is 5.92 Å². The summed E-state index contributed by atoms with van der Waals surface area (Å²) in [6, 6.07) is -1.38. The first-order valence-electron chi connectivity index (χ1n) is 6.29. The van der Waals surface area contributed by atoms with Crippen molar-refractivity contribution in [2.75, 3.05) is 13.7 Å². The maximum absolute atomic E-state index is 14.1. The molecule has 5 nitrogen and oxygen atoms in total. The Bertz CT molecular complexity index is 415. The normalized spacial score (nSPS) is 24.4. The topological polar surface area (TPSA) is 55.8 Å². The number of ether oxygens (including phenoxy) is 2. The summed E-state index contributed by atoms with van der Waals surface area (Å²) in [5, 5.41) is 0. The van der Waals surface area contributed by atoms with E-state index >= 15 is 0 Å². The molecule has 1 rings (SSSR count). The molecular weight excluding hydrogens is 272 g/mol. The van der Waals surface area contributed by atoms with Gasteiger partial charge in [0.05, 0.1) is 19.1 Å².